The average Bonchev–Trinajstić information content (AvgIpc) is 2.74. The van der Waals surface area contributed by atoms with Crippen molar-refractivity contribution < 1.29 is 13.9 Å². The van der Waals surface area contributed by atoms with Gasteiger partial charge in [0.1, 0.15) is 18.2 Å². The molecule has 3 aromatic rings. The van der Waals surface area contributed by atoms with Crippen molar-refractivity contribution in [3.05, 3.63) is 75.8 Å². The van der Waals surface area contributed by atoms with Crippen molar-refractivity contribution in [2.24, 2.45) is 7.05 Å². The minimum absolute atomic E-state index is 0.0360. The molecule has 158 valence electrons. The summed E-state index contributed by atoms with van der Waals surface area (Å²) in [4.78, 5) is 11.8. The van der Waals surface area contributed by atoms with Crippen LogP contribution in [0, 0.1) is 5.82 Å². The maximum absolute atomic E-state index is 14.5. The lowest BCUT2D eigenvalue weighted by Gasteiger charge is -2.40. The molecule has 4 nitrogen and oxygen atoms in total. The SMILES string of the molecule is CC[C@@]1(c2cc(F)cc(OCc3ccc4c(ccc(=O)n4C)c3)c2)CCO[C@H](C)C1. The Morgan fingerprint density at radius 1 is 1.20 bits per heavy atom. The molecule has 0 saturated carbocycles. The molecule has 2 atom stereocenters. The number of aryl methyl sites for hydroxylation is 1. The largest absolute Gasteiger partial charge is 0.489 e. The summed E-state index contributed by atoms with van der Waals surface area (Å²) >= 11 is 0. The lowest BCUT2D eigenvalue weighted by Crippen LogP contribution is -2.37. The molecule has 0 unspecified atom stereocenters. The van der Waals surface area contributed by atoms with Gasteiger partial charge >= 0.3 is 0 Å². The van der Waals surface area contributed by atoms with Crippen LogP contribution in [0.15, 0.2) is 53.3 Å². The Balaban J connectivity index is 1.57. The maximum atomic E-state index is 14.5. The number of rotatable bonds is 5. The van der Waals surface area contributed by atoms with E-state index in [1.807, 2.05) is 30.3 Å². The highest BCUT2D eigenvalue weighted by atomic mass is 19.1. The first kappa shape index (κ1) is 20.6. The normalized spacial score (nSPS) is 21.7. The van der Waals surface area contributed by atoms with E-state index in [2.05, 4.69) is 13.8 Å². The molecule has 1 aromatic heterocycles. The lowest BCUT2D eigenvalue weighted by atomic mass is 9.70. The van der Waals surface area contributed by atoms with Gasteiger partial charge < -0.3 is 14.0 Å². The van der Waals surface area contributed by atoms with Gasteiger partial charge in [0, 0.05) is 25.8 Å². The summed E-state index contributed by atoms with van der Waals surface area (Å²) in [6, 6.07) is 14.3. The minimum Gasteiger partial charge on any atom is -0.489 e. The van der Waals surface area contributed by atoms with Gasteiger partial charge in [0.25, 0.3) is 5.56 Å². The molecule has 0 aliphatic carbocycles. The monoisotopic (exact) mass is 409 g/mol. The molecule has 0 N–H and O–H groups in total. The van der Waals surface area contributed by atoms with Crippen LogP contribution >= 0.6 is 0 Å². The summed E-state index contributed by atoms with van der Waals surface area (Å²) in [7, 11) is 1.76. The van der Waals surface area contributed by atoms with Crippen molar-refractivity contribution >= 4 is 10.9 Å². The number of ether oxygens (including phenoxy) is 2. The summed E-state index contributed by atoms with van der Waals surface area (Å²) in [5.74, 6) is 0.264. The fourth-order valence-corrected chi connectivity index (χ4v) is 4.60. The van der Waals surface area contributed by atoms with E-state index in [9.17, 15) is 9.18 Å². The highest BCUT2D eigenvalue weighted by molar-refractivity contribution is 5.79. The quantitative estimate of drug-likeness (QED) is 0.588. The fourth-order valence-electron chi connectivity index (χ4n) is 4.60. The van der Waals surface area contributed by atoms with Crippen molar-refractivity contribution in [2.45, 2.75) is 51.2 Å². The van der Waals surface area contributed by atoms with E-state index >= 15 is 0 Å². The Morgan fingerprint density at radius 2 is 2.03 bits per heavy atom. The van der Waals surface area contributed by atoms with Crippen LogP contribution in [0.1, 0.15) is 44.2 Å². The second kappa shape index (κ2) is 8.23. The van der Waals surface area contributed by atoms with E-state index in [1.54, 1.807) is 23.7 Å². The van der Waals surface area contributed by atoms with E-state index < -0.39 is 0 Å². The van der Waals surface area contributed by atoms with Gasteiger partial charge in [0.15, 0.2) is 0 Å². The highest BCUT2D eigenvalue weighted by Crippen LogP contribution is 2.41. The predicted molar refractivity (Wildman–Crippen MR) is 117 cm³/mol. The molecule has 4 rings (SSSR count). The van der Waals surface area contributed by atoms with Crippen LogP contribution in [-0.4, -0.2) is 17.3 Å². The Labute approximate surface area is 176 Å². The van der Waals surface area contributed by atoms with Crippen LogP contribution in [0.4, 0.5) is 4.39 Å². The van der Waals surface area contributed by atoms with Crippen LogP contribution in [0.25, 0.3) is 10.9 Å². The first-order chi connectivity index (χ1) is 14.4. The maximum Gasteiger partial charge on any atom is 0.250 e. The molecule has 1 aliphatic heterocycles. The third-order valence-electron chi connectivity index (χ3n) is 6.42. The first-order valence-corrected chi connectivity index (χ1v) is 10.5. The summed E-state index contributed by atoms with van der Waals surface area (Å²) in [5.41, 5.74) is 2.72. The molecule has 30 heavy (non-hydrogen) atoms. The molecule has 1 aliphatic rings. The molecule has 2 heterocycles. The summed E-state index contributed by atoms with van der Waals surface area (Å²) in [6.45, 7) is 5.27. The van der Waals surface area contributed by atoms with E-state index in [4.69, 9.17) is 9.47 Å². The summed E-state index contributed by atoms with van der Waals surface area (Å²) in [6.07, 6.45) is 2.88. The van der Waals surface area contributed by atoms with Gasteiger partial charge in [0.2, 0.25) is 0 Å². The second-order valence-corrected chi connectivity index (χ2v) is 8.36. The van der Waals surface area contributed by atoms with Gasteiger partial charge in [-0.2, -0.15) is 0 Å². The number of pyridine rings is 1. The molecule has 0 amide bonds. The number of aromatic nitrogens is 1. The van der Waals surface area contributed by atoms with E-state index in [0.717, 1.165) is 41.3 Å². The highest BCUT2D eigenvalue weighted by Gasteiger charge is 2.36. The van der Waals surface area contributed by atoms with Gasteiger partial charge in [-0.3, -0.25) is 4.79 Å². The molecular formula is C25H28FNO3. The van der Waals surface area contributed by atoms with Crippen LogP contribution in [0.2, 0.25) is 0 Å². The molecule has 0 bridgehead atoms. The second-order valence-electron chi connectivity index (χ2n) is 8.36. The molecule has 5 heteroatoms. The summed E-state index contributed by atoms with van der Waals surface area (Å²) < 4.78 is 27.8. The Morgan fingerprint density at radius 3 is 2.80 bits per heavy atom. The Hall–Kier alpha value is -2.66. The zero-order valence-electron chi connectivity index (χ0n) is 17.8. The third kappa shape index (κ3) is 3.99. The number of hydrogen-bond donors (Lipinski definition) is 0. The van der Waals surface area contributed by atoms with Gasteiger partial charge in [-0.15, -0.1) is 0 Å². The van der Waals surface area contributed by atoms with E-state index in [1.165, 1.54) is 6.07 Å². The number of fused-ring (bicyclic) bond motifs is 1. The summed E-state index contributed by atoms with van der Waals surface area (Å²) in [5, 5.41) is 0.972. The van der Waals surface area contributed by atoms with Gasteiger partial charge in [-0.25, -0.2) is 4.39 Å². The number of halogens is 1. The topological polar surface area (TPSA) is 40.5 Å². The number of hydrogen-bond acceptors (Lipinski definition) is 3. The van der Waals surface area contributed by atoms with E-state index in [0.29, 0.717) is 19.0 Å². The van der Waals surface area contributed by atoms with Crippen molar-refractivity contribution in [2.75, 3.05) is 6.61 Å². The molecule has 2 aromatic carbocycles. The number of nitrogens with zero attached hydrogens (tertiary/aromatic N) is 1. The smallest absolute Gasteiger partial charge is 0.250 e. The first-order valence-electron chi connectivity index (χ1n) is 10.5. The Kier molecular flexibility index (Phi) is 5.65. The van der Waals surface area contributed by atoms with Crippen molar-refractivity contribution in [1.82, 2.24) is 4.57 Å². The molecule has 0 radical (unpaired) electrons. The fraction of sp³-hybridized carbons (Fsp3) is 0.400. The third-order valence-corrected chi connectivity index (χ3v) is 6.42. The van der Waals surface area contributed by atoms with Crippen LogP contribution < -0.4 is 10.3 Å². The van der Waals surface area contributed by atoms with Crippen molar-refractivity contribution in [3.8, 4) is 5.75 Å². The van der Waals surface area contributed by atoms with E-state index in [-0.39, 0.29) is 22.9 Å². The van der Waals surface area contributed by atoms with Crippen LogP contribution in [0.5, 0.6) is 5.75 Å². The molecule has 1 saturated heterocycles. The molecule has 0 spiro atoms. The van der Waals surface area contributed by atoms with Crippen molar-refractivity contribution in [1.29, 1.82) is 0 Å². The lowest BCUT2D eigenvalue weighted by molar-refractivity contribution is -0.0118. The van der Waals surface area contributed by atoms with Gasteiger partial charge in [0.05, 0.1) is 11.6 Å². The predicted octanol–water partition coefficient (Wildman–Crippen LogP) is 5.10. The van der Waals surface area contributed by atoms with Gasteiger partial charge in [-0.1, -0.05) is 13.0 Å². The average molecular weight is 410 g/mol. The number of benzene rings is 2. The molecular weight excluding hydrogens is 381 g/mol. The van der Waals surface area contributed by atoms with Crippen LogP contribution in [0.3, 0.4) is 0 Å². The molecule has 1 fully saturated rings. The standard InChI is InChI=1S/C25H28FNO3/c1-4-25(9-10-29-17(2)15-25)20-12-21(26)14-22(13-20)30-16-18-5-7-23-19(11-18)6-8-24(28)27(23)3/h5-8,11-14,17H,4,9-10,15-16H2,1-3H3/t17-,25-/m1/s1. The zero-order chi connectivity index (χ0) is 21.3. The minimum atomic E-state index is -0.275. The zero-order valence-corrected chi connectivity index (χ0v) is 17.8. The van der Waals surface area contributed by atoms with Crippen LogP contribution in [-0.2, 0) is 23.8 Å². The Bertz CT molecular complexity index is 1120. The van der Waals surface area contributed by atoms with Gasteiger partial charge in [-0.05, 0) is 78.4 Å². The van der Waals surface area contributed by atoms with Crippen molar-refractivity contribution in [3.63, 3.8) is 0 Å².